The standard InChI is InChI=1S/C18H27Cl2N3O2/c1-12(2)17(23-6-8-25-9-7-23)11-21-18(24)22-13(3)15-5-4-14(19)10-16(15)20/h4-5,10,12-13,17H,6-9,11H2,1-3H3,(H2,21,22,24). The number of nitrogens with zero attached hydrogens (tertiary/aromatic N) is 1. The first-order chi connectivity index (χ1) is 11.9. The molecule has 0 radical (unpaired) electrons. The molecule has 0 spiro atoms. The van der Waals surface area contributed by atoms with Crippen molar-refractivity contribution in [2.75, 3.05) is 32.8 Å². The summed E-state index contributed by atoms with van der Waals surface area (Å²) in [5, 5.41) is 7.05. The second-order valence-electron chi connectivity index (χ2n) is 6.70. The predicted octanol–water partition coefficient (Wildman–Crippen LogP) is 3.71. The fourth-order valence-corrected chi connectivity index (χ4v) is 3.64. The van der Waals surface area contributed by atoms with E-state index < -0.39 is 0 Å². The van der Waals surface area contributed by atoms with E-state index >= 15 is 0 Å². The lowest BCUT2D eigenvalue weighted by atomic mass is 10.0. The fourth-order valence-electron chi connectivity index (χ4n) is 3.07. The molecule has 5 nitrogen and oxygen atoms in total. The van der Waals surface area contributed by atoms with Crippen LogP contribution >= 0.6 is 23.2 Å². The van der Waals surface area contributed by atoms with E-state index in [4.69, 9.17) is 27.9 Å². The highest BCUT2D eigenvalue weighted by molar-refractivity contribution is 6.35. The van der Waals surface area contributed by atoms with Gasteiger partial charge in [-0.05, 0) is 30.5 Å². The first-order valence-corrected chi connectivity index (χ1v) is 9.45. The molecule has 1 aliphatic heterocycles. The van der Waals surface area contributed by atoms with Crippen molar-refractivity contribution in [1.82, 2.24) is 15.5 Å². The van der Waals surface area contributed by atoms with Gasteiger partial charge in [0.25, 0.3) is 0 Å². The number of morpholine rings is 1. The Morgan fingerprint density at radius 3 is 2.52 bits per heavy atom. The summed E-state index contributed by atoms with van der Waals surface area (Å²) in [6.45, 7) is 10.2. The van der Waals surface area contributed by atoms with Crippen LogP contribution in [0.1, 0.15) is 32.4 Å². The molecule has 1 heterocycles. The Morgan fingerprint density at radius 1 is 1.24 bits per heavy atom. The molecule has 2 unspecified atom stereocenters. The number of rotatable bonds is 6. The molecule has 0 bridgehead atoms. The van der Waals surface area contributed by atoms with Crippen molar-refractivity contribution in [3.8, 4) is 0 Å². The Morgan fingerprint density at radius 2 is 1.92 bits per heavy atom. The molecule has 140 valence electrons. The van der Waals surface area contributed by atoms with Crippen LogP contribution in [0.5, 0.6) is 0 Å². The van der Waals surface area contributed by atoms with Crippen LogP contribution in [0.15, 0.2) is 18.2 Å². The number of benzene rings is 1. The van der Waals surface area contributed by atoms with Crippen molar-refractivity contribution in [3.05, 3.63) is 33.8 Å². The number of ether oxygens (including phenoxy) is 1. The van der Waals surface area contributed by atoms with Gasteiger partial charge in [0, 0.05) is 35.7 Å². The van der Waals surface area contributed by atoms with Crippen LogP contribution < -0.4 is 10.6 Å². The minimum absolute atomic E-state index is 0.197. The molecule has 0 saturated carbocycles. The molecule has 1 aromatic carbocycles. The maximum Gasteiger partial charge on any atom is 0.315 e. The summed E-state index contributed by atoms with van der Waals surface area (Å²) in [5.74, 6) is 0.446. The topological polar surface area (TPSA) is 53.6 Å². The van der Waals surface area contributed by atoms with Crippen molar-refractivity contribution in [3.63, 3.8) is 0 Å². The maximum atomic E-state index is 12.3. The molecular weight excluding hydrogens is 361 g/mol. The smallest absolute Gasteiger partial charge is 0.315 e. The zero-order chi connectivity index (χ0) is 18.4. The number of amides is 2. The first kappa shape index (κ1) is 20.3. The Bertz CT molecular complexity index is 577. The molecule has 0 aromatic heterocycles. The molecule has 2 rings (SSSR count). The Kier molecular flexibility index (Phi) is 7.81. The number of carbonyl (C=O) groups excluding carboxylic acids is 1. The van der Waals surface area contributed by atoms with Crippen LogP contribution in [0.25, 0.3) is 0 Å². The van der Waals surface area contributed by atoms with Crippen molar-refractivity contribution < 1.29 is 9.53 Å². The number of nitrogens with one attached hydrogen (secondary N) is 2. The zero-order valence-electron chi connectivity index (χ0n) is 15.0. The molecular formula is C18H27Cl2N3O2. The monoisotopic (exact) mass is 387 g/mol. The van der Waals surface area contributed by atoms with Crippen molar-refractivity contribution in [2.24, 2.45) is 5.92 Å². The number of carbonyl (C=O) groups is 1. The van der Waals surface area contributed by atoms with E-state index in [1.54, 1.807) is 12.1 Å². The van der Waals surface area contributed by atoms with E-state index in [0.29, 0.717) is 28.5 Å². The third-order valence-electron chi connectivity index (χ3n) is 4.53. The lowest BCUT2D eigenvalue weighted by Gasteiger charge is -2.37. The van der Waals surface area contributed by atoms with Gasteiger partial charge in [0.05, 0.1) is 19.3 Å². The van der Waals surface area contributed by atoms with E-state index in [2.05, 4.69) is 29.4 Å². The first-order valence-electron chi connectivity index (χ1n) is 8.69. The second kappa shape index (κ2) is 9.62. The lowest BCUT2D eigenvalue weighted by molar-refractivity contribution is 0.00718. The Labute approximate surface area is 160 Å². The summed E-state index contributed by atoms with van der Waals surface area (Å²) in [7, 11) is 0. The van der Waals surface area contributed by atoms with Gasteiger partial charge in [-0.2, -0.15) is 0 Å². The van der Waals surface area contributed by atoms with Gasteiger partial charge in [0.15, 0.2) is 0 Å². The summed E-state index contributed by atoms with van der Waals surface area (Å²) in [6, 6.07) is 5.18. The highest BCUT2D eigenvalue weighted by Crippen LogP contribution is 2.26. The van der Waals surface area contributed by atoms with Crippen LogP contribution in [0.2, 0.25) is 10.0 Å². The molecule has 25 heavy (non-hydrogen) atoms. The highest BCUT2D eigenvalue weighted by Gasteiger charge is 2.24. The number of hydrogen-bond acceptors (Lipinski definition) is 3. The second-order valence-corrected chi connectivity index (χ2v) is 7.55. The summed E-state index contributed by atoms with van der Waals surface area (Å²) in [4.78, 5) is 14.7. The van der Waals surface area contributed by atoms with E-state index in [-0.39, 0.29) is 12.1 Å². The number of hydrogen-bond donors (Lipinski definition) is 2. The van der Waals surface area contributed by atoms with Crippen LogP contribution in [-0.4, -0.2) is 49.8 Å². The molecule has 2 amide bonds. The Hall–Kier alpha value is -1.01. The summed E-state index contributed by atoms with van der Waals surface area (Å²) in [6.07, 6.45) is 0. The maximum absolute atomic E-state index is 12.3. The van der Waals surface area contributed by atoms with E-state index in [1.165, 1.54) is 0 Å². The predicted molar refractivity (Wildman–Crippen MR) is 102 cm³/mol. The molecule has 1 aliphatic rings. The van der Waals surface area contributed by atoms with Gasteiger partial charge in [-0.1, -0.05) is 43.1 Å². The largest absolute Gasteiger partial charge is 0.379 e. The average molecular weight is 388 g/mol. The van der Waals surface area contributed by atoms with Crippen LogP contribution in [0, 0.1) is 5.92 Å². The fraction of sp³-hybridized carbons (Fsp3) is 0.611. The van der Waals surface area contributed by atoms with E-state index in [0.717, 1.165) is 31.9 Å². The molecule has 7 heteroatoms. The minimum Gasteiger partial charge on any atom is -0.379 e. The van der Waals surface area contributed by atoms with Gasteiger partial charge in [-0.15, -0.1) is 0 Å². The quantitative estimate of drug-likeness (QED) is 0.781. The lowest BCUT2D eigenvalue weighted by Crippen LogP contribution is -2.52. The van der Waals surface area contributed by atoms with Gasteiger partial charge in [-0.25, -0.2) is 4.79 Å². The van der Waals surface area contributed by atoms with Gasteiger partial charge in [0.2, 0.25) is 0 Å². The van der Waals surface area contributed by atoms with Crippen LogP contribution in [0.3, 0.4) is 0 Å². The van der Waals surface area contributed by atoms with Gasteiger partial charge >= 0.3 is 6.03 Å². The van der Waals surface area contributed by atoms with E-state index in [9.17, 15) is 4.79 Å². The zero-order valence-corrected chi connectivity index (χ0v) is 16.5. The average Bonchev–Trinajstić information content (AvgIpc) is 2.55. The number of halogens is 2. The molecule has 1 aromatic rings. The van der Waals surface area contributed by atoms with Crippen molar-refractivity contribution in [1.29, 1.82) is 0 Å². The highest BCUT2D eigenvalue weighted by atomic mass is 35.5. The van der Waals surface area contributed by atoms with Crippen molar-refractivity contribution in [2.45, 2.75) is 32.9 Å². The van der Waals surface area contributed by atoms with Crippen LogP contribution in [-0.2, 0) is 4.74 Å². The molecule has 1 saturated heterocycles. The van der Waals surface area contributed by atoms with E-state index in [1.807, 2.05) is 13.0 Å². The third-order valence-corrected chi connectivity index (χ3v) is 5.10. The Balaban J connectivity index is 1.87. The normalized spacial score (nSPS) is 18.0. The van der Waals surface area contributed by atoms with Gasteiger partial charge in [-0.3, -0.25) is 4.90 Å². The minimum atomic E-state index is -0.203. The third kappa shape index (κ3) is 6.03. The SMILES string of the molecule is CC(NC(=O)NCC(C(C)C)N1CCOCC1)c1ccc(Cl)cc1Cl. The van der Waals surface area contributed by atoms with Crippen molar-refractivity contribution >= 4 is 29.2 Å². The molecule has 2 atom stereocenters. The number of urea groups is 1. The molecule has 1 fully saturated rings. The summed E-state index contributed by atoms with van der Waals surface area (Å²) in [5.41, 5.74) is 0.842. The van der Waals surface area contributed by atoms with Gasteiger partial charge in [0.1, 0.15) is 0 Å². The summed E-state index contributed by atoms with van der Waals surface area (Å²) >= 11 is 12.1. The molecule has 0 aliphatic carbocycles. The van der Waals surface area contributed by atoms with Gasteiger partial charge < -0.3 is 15.4 Å². The summed E-state index contributed by atoms with van der Waals surface area (Å²) < 4.78 is 5.41. The van der Waals surface area contributed by atoms with Crippen LogP contribution in [0.4, 0.5) is 4.79 Å². The molecule has 2 N–H and O–H groups in total.